The maximum atomic E-state index is 14.0. The number of aliphatic hydroxyl groups excluding tert-OH is 1. The fraction of sp³-hybridized carbons (Fsp3) is 0.358. The number of aromatic nitrogens is 1. The number of nitrogens with zero attached hydrogens (tertiary/aromatic N) is 5. The van der Waals surface area contributed by atoms with Gasteiger partial charge in [0.25, 0.3) is 5.91 Å². The lowest BCUT2D eigenvalue weighted by atomic mass is 9.83. The first kappa shape index (κ1) is 54.5. The predicted molar refractivity (Wildman–Crippen MR) is 274 cm³/mol. The van der Waals surface area contributed by atoms with Crippen LogP contribution >= 0.6 is 23.6 Å². The first-order valence-electron chi connectivity index (χ1n) is 23.5. The minimum atomic E-state index is -4.82. The summed E-state index contributed by atoms with van der Waals surface area (Å²) in [6, 6.07) is 24.0. The number of nitrogens with one attached hydrogen (secondary N) is 2. The van der Waals surface area contributed by atoms with Crippen molar-refractivity contribution in [2.75, 3.05) is 36.2 Å². The first-order chi connectivity index (χ1) is 35.0. The highest BCUT2D eigenvalue weighted by molar-refractivity contribution is 7.81. The number of alkyl halides is 3. The SMILES string of the molecule is Cc1ncsc1-c1ccc(CNC(=O)[C@@H]2C[C@@H](O)CN2C(=O)[C@@H](NC(=O)COCCCCOc2ccc(-c3ccc(N4C(=S)N(c5ccc(C#N)c(C(F)(F)F)c5)C(=O)C4(C)C)cc3)cc2)C(C)(C)C(=O)O)cc1. The van der Waals surface area contributed by atoms with Crippen LogP contribution in [0.5, 0.6) is 5.75 Å². The van der Waals surface area contributed by atoms with Gasteiger partial charge in [-0.2, -0.15) is 18.4 Å². The lowest BCUT2D eigenvalue weighted by Crippen LogP contribution is -2.60. The molecule has 4 aromatic carbocycles. The molecule has 0 unspecified atom stereocenters. The number of carbonyl (C=O) groups is 5. The Kier molecular flexibility index (Phi) is 16.6. The summed E-state index contributed by atoms with van der Waals surface area (Å²) < 4.78 is 52.8. The van der Waals surface area contributed by atoms with E-state index in [1.807, 2.05) is 55.5 Å². The number of aliphatic hydroxyl groups is 1. The van der Waals surface area contributed by atoms with Gasteiger partial charge in [0.1, 0.15) is 30.0 Å². The molecule has 7 rings (SSSR count). The molecule has 1 aromatic heterocycles. The second kappa shape index (κ2) is 22.5. The Morgan fingerprint density at radius 3 is 2.18 bits per heavy atom. The van der Waals surface area contributed by atoms with E-state index < -0.39 is 82.6 Å². The van der Waals surface area contributed by atoms with E-state index in [0.717, 1.165) is 54.8 Å². The predicted octanol–water partition coefficient (Wildman–Crippen LogP) is 7.64. The van der Waals surface area contributed by atoms with Gasteiger partial charge in [-0.3, -0.25) is 28.9 Å². The number of carbonyl (C=O) groups excluding carboxylic acids is 4. The van der Waals surface area contributed by atoms with E-state index in [9.17, 15) is 52.6 Å². The number of carboxylic acids is 1. The summed E-state index contributed by atoms with van der Waals surface area (Å²) >= 11 is 7.19. The Morgan fingerprint density at radius 1 is 0.946 bits per heavy atom. The lowest BCUT2D eigenvalue weighted by Gasteiger charge is -2.35. The number of rotatable bonds is 19. The van der Waals surface area contributed by atoms with Gasteiger partial charge in [-0.15, -0.1) is 11.3 Å². The van der Waals surface area contributed by atoms with Gasteiger partial charge in [0.15, 0.2) is 5.11 Å². The second-order valence-corrected chi connectivity index (χ2v) is 20.2. The molecule has 2 aliphatic heterocycles. The van der Waals surface area contributed by atoms with Gasteiger partial charge >= 0.3 is 12.1 Å². The molecule has 0 bridgehead atoms. The number of likely N-dealkylation sites (tertiary alicyclic amines) is 1. The van der Waals surface area contributed by atoms with Crippen LogP contribution in [0.2, 0.25) is 0 Å². The number of hydrogen-bond donors (Lipinski definition) is 4. The molecule has 16 nitrogen and oxygen atoms in total. The maximum Gasteiger partial charge on any atom is 0.417 e. The smallest absolute Gasteiger partial charge is 0.417 e. The van der Waals surface area contributed by atoms with Crippen LogP contribution in [-0.2, 0) is 41.4 Å². The van der Waals surface area contributed by atoms with Crippen molar-refractivity contribution in [1.82, 2.24) is 20.5 Å². The Labute approximate surface area is 434 Å². The quantitative estimate of drug-likeness (QED) is 0.0463. The fourth-order valence-corrected chi connectivity index (χ4v) is 10.0. The van der Waals surface area contributed by atoms with Gasteiger partial charge < -0.3 is 40.1 Å². The third kappa shape index (κ3) is 11.9. The zero-order valence-electron chi connectivity index (χ0n) is 41.1. The number of halogens is 3. The molecule has 0 saturated carbocycles. The lowest BCUT2D eigenvalue weighted by molar-refractivity contribution is -0.156. The van der Waals surface area contributed by atoms with E-state index in [1.54, 1.807) is 54.6 Å². The number of aryl methyl sites for hydroxylation is 1. The molecule has 5 aromatic rings. The van der Waals surface area contributed by atoms with Crippen LogP contribution in [0.1, 0.15) is 69.3 Å². The molecule has 2 fully saturated rings. The number of β-amino-alcohol motifs (C(OH)–C–C–N with tert-alkyl or cyclic N) is 1. The van der Waals surface area contributed by atoms with Crippen LogP contribution in [0, 0.1) is 23.7 Å². The number of ether oxygens (including phenoxy) is 2. The van der Waals surface area contributed by atoms with Gasteiger partial charge in [-0.1, -0.05) is 48.5 Å². The minimum absolute atomic E-state index is 0.0146. The number of amides is 4. The van der Waals surface area contributed by atoms with Crippen LogP contribution < -0.4 is 25.2 Å². The number of unbranched alkanes of at least 4 members (excludes halogenated alkanes) is 1. The summed E-state index contributed by atoms with van der Waals surface area (Å²) in [5.74, 6) is -3.39. The number of hydrogen-bond acceptors (Lipinski definition) is 12. The van der Waals surface area contributed by atoms with Crippen molar-refractivity contribution in [3.05, 3.63) is 119 Å². The third-order valence-corrected chi connectivity index (χ3v) is 14.3. The summed E-state index contributed by atoms with van der Waals surface area (Å²) in [4.78, 5) is 75.7. The Morgan fingerprint density at radius 2 is 1.57 bits per heavy atom. The molecule has 4 amide bonds. The third-order valence-electron chi connectivity index (χ3n) is 13.0. The molecule has 2 aliphatic rings. The number of carboxylic acid groups (broad SMARTS) is 1. The molecule has 74 heavy (non-hydrogen) atoms. The Balaban J connectivity index is 0.860. The average Bonchev–Trinajstić information content (AvgIpc) is 4.03. The van der Waals surface area contributed by atoms with Gasteiger partial charge in [0.05, 0.1) is 57.1 Å². The number of nitriles is 1. The van der Waals surface area contributed by atoms with Gasteiger partial charge in [-0.05, 0) is 124 Å². The molecule has 4 N–H and O–H groups in total. The number of aliphatic carboxylic acids is 1. The van der Waals surface area contributed by atoms with Gasteiger partial charge in [-0.25, -0.2) is 4.98 Å². The zero-order valence-corrected chi connectivity index (χ0v) is 42.7. The minimum Gasteiger partial charge on any atom is -0.494 e. The molecule has 3 atom stereocenters. The van der Waals surface area contributed by atoms with Gasteiger partial charge in [0.2, 0.25) is 17.7 Å². The number of thiazole rings is 1. The van der Waals surface area contributed by atoms with Crippen LogP contribution in [-0.4, -0.2) is 105 Å². The molecule has 21 heteroatoms. The molecular weight excluding hydrogens is 1000 g/mol. The van der Waals surface area contributed by atoms with Crippen molar-refractivity contribution in [3.8, 4) is 33.4 Å². The summed E-state index contributed by atoms with van der Waals surface area (Å²) in [5, 5.41) is 35.2. The van der Waals surface area contributed by atoms with Crippen LogP contribution in [0.3, 0.4) is 0 Å². The highest BCUT2D eigenvalue weighted by atomic mass is 32.1. The molecule has 0 spiro atoms. The van der Waals surface area contributed by atoms with Crippen LogP contribution in [0.4, 0.5) is 24.5 Å². The summed E-state index contributed by atoms with van der Waals surface area (Å²) in [7, 11) is 0. The van der Waals surface area contributed by atoms with Crippen molar-refractivity contribution >= 4 is 69.6 Å². The van der Waals surface area contributed by atoms with Crippen LogP contribution in [0.25, 0.3) is 21.6 Å². The highest BCUT2D eigenvalue weighted by Crippen LogP contribution is 2.40. The standard InChI is InChI=1S/C53H54F3N7O9S2/c1-31-44(74-30-59-31)35-10-8-32(9-11-35)27-58-46(66)42-25-39(64)28-61(42)47(67)45(51(2,3)49(69)70)60-43(65)29-71-22-6-7-23-72-40-20-15-34(16-21-40)33-12-17-37(18-13-33)63-50(73)62(48(68)52(63,4)5)38-19-14-36(26-57)41(24-38)53(54,55)56/h8-21,24,30,39,42,45,64H,6-7,22-23,25,27-29H2,1-5H3,(H,58,66)(H,60,65)(H,69,70)/t39-,42+,45-/m1/s1. The normalized spacial score (nSPS) is 17.0. The van der Waals surface area contributed by atoms with Crippen molar-refractivity contribution in [2.24, 2.45) is 5.41 Å². The first-order valence-corrected chi connectivity index (χ1v) is 24.8. The monoisotopic (exact) mass is 1050 g/mol. The Bertz CT molecular complexity index is 2960. The van der Waals surface area contributed by atoms with E-state index in [1.165, 1.54) is 31.3 Å². The van der Waals surface area contributed by atoms with Crippen molar-refractivity contribution in [3.63, 3.8) is 0 Å². The summed E-state index contributed by atoms with van der Waals surface area (Å²) in [6.07, 6.45) is -4.88. The zero-order chi connectivity index (χ0) is 53.7. The van der Waals surface area contributed by atoms with E-state index >= 15 is 0 Å². The van der Waals surface area contributed by atoms with Gasteiger partial charge in [0, 0.05) is 31.8 Å². The second-order valence-electron chi connectivity index (χ2n) is 18.9. The van der Waals surface area contributed by atoms with E-state index in [0.29, 0.717) is 30.9 Å². The fourth-order valence-electron chi connectivity index (χ4n) is 8.68. The number of benzene rings is 4. The maximum absolute atomic E-state index is 14.0. The van der Waals surface area contributed by atoms with E-state index in [4.69, 9.17) is 21.7 Å². The summed E-state index contributed by atoms with van der Waals surface area (Å²) in [6.45, 7) is 7.68. The molecule has 388 valence electrons. The van der Waals surface area contributed by atoms with Crippen LogP contribution in [0.15, 0.2) is 96.5 Å². The molecule has 2 saturated heterocycles. The van der Waals surface area contributed by atoms with Crippen molar-refractivity contribution in [1.29, 1.82) is 5.26 Å². The average molecular weight is 1050 g/mol. The molecule has 0 aliphatic carbocycles. The molecular formula is C53H54F3N7O9S2. The number of thiocarbonyl (C=S) groups is 1. The van der Waals surface area contributed by atoms with E-state index in [2.05, 4.69) is 15.6 Å². The van der Waals surface area contributed by atoms with Crippen molar-refractivity contribution < 1.29 is 56.8 Å². The molecule has 0 radical (unpaired) electrons. The highest BCUT2D eigenvalue weighted by Gasteiger charge is 2.51. The number of anilines is 2. The van der Waals surface area contributed by atoms with Crippen molar-refractivity contribution in [2.45, 2.75) is 90.3 Å². The topological polar surface area (TPSA) is 215 Å². The Hall–Kier alpha value is -7.25. The molecule has 3 heterocycles. The largest absolute Gasteiger partial charge is 0.494 e. The summed E-state index contributed by atoms with van der Waals surface area (Å²) in [5.41, 5.74) is 1.81. The van der Waals surface area contributed by atoms with E-state index in [-0.39, 0.29) is 36.9 Å².